The van der Waals surface area contributed by atoms with Gasteiger partial charge in [-0.25, -0.2) is 4.98 Å². The molecule has 0 aliphatic heterocycles. The highest BCUT2D eigenvalue weighted by Crippen LogP contribution is 2.39. The molecular weight excluding hydrogens is 294 g/mol. The third-order valence-corrected chi connectivity index (χ3v) is 4.30. The van der Waals surface area contributed by atoms with Crippen molar-refractivity contribution in [1.82, 2.24) is 9.36 Å². The van der Waals surface area contributed by atoms with Crippen LogP contribution in [0.2, 0.25) is 5.02 Å². The topological polar surface area (TPSA) is 49.2 Å². The van der Waals surface area contributed by atoms with Crippen LogP contribution in [-0.2, 0) is 6.54 Å². The van der Waals surface area contributed by atoms with Crippen molar-refractivity contribution in [3.63, 3.8) is 0 Å². The normalized spacial score (nSPS) is 14.5. The first-order valence-corrected chi connectivity index (χ1v) is 7.85. The molecule has 1 saturated carbocycles. The van der Waals surface area contributed by atoms with Crippen molar-refractivity contribution in [3.8, 4) is 0 Å². The lowest BCUT2D eigenvalue weighted by Crippen LogP contribution is -2.26. The molecule has 0 bridgehead atoms. The van der Waals surface area contributed by atoms with Gasteiger partial charge in [-0.15, -0.1) is 0 Å². The molecule has 1 N–H and O–H groups in total. The van der Waals surface area contributed by atoms with E-state index in [1.807, 2.05) is 24.3 Å². The SMILES string of the molecule is OCCN(Cc1cccc(Cl)c1)c1nc(C2CC2)ns1. The van der Waals surface area contributed by atoms with Crippen LogP contribution < -0.4 is 4.90 Å². The van der Waals surface area contributed by atoms with Gasteiger partial charge in [0.25, 0.3) is 0 Å². The van der Waals surface area contributed by atoms with Gasteiger partial charge in [-0.3, -0.25) is 0 Å². The third kappa shape index (κ3) is 3.29. The molecule has 1 aliphatic rings. The number of hydrogen-bond donors (Lipinski definition) is 1. The molecule has 0 spiro atoms. The summed E-state index contributed by atoms with van der Waals surface area (Å²) in [6.07, 6.45) is 2.40. The third-order valence-electron chi connectivity index (χ3n) is 3.28. The van der Waals surface area contributed by atoms with E-state index in [1.165, 1.54) is 24.4 Å². The minimum atomic E-state index is 0.0961. The van der Waals surface area contributed by atoms with Crippen LogP contribution in [0.3, 0.4) is 0 Å². The summed E-state index contributed by atoms with van der Waals surface area (Å²) in [5, 5.41) is 10.8. The number of nitrogens with zero attached hydrogens (tertiary/aromatic N) is 3. The zero-order chi connectivity index (χ0) is 13.9. The molecule has 20 heavy (non-hydrogen) atoms. The Morgan fingerprint density at radius 3 is 2.95 bits per heavy atom. The fourth-order valence-electron chi connectivity index (χ4n) is 2.08. The number of aliphatic hydroxyl groups is 1. The average Bonchev–Trinajstić information content (AvgIpc) is 3.16. The Balaban J connectivity index is 1.76. The Morgan fingerprint density at radius 1 is 1.40 bits per heavy atom. The Kier molecular flexibility index (Phi) is 4.19. The molecule has 0 saturated heterocycles. The molecule has 1 aliphatic carbocycles. The highest BCUT2D eigenvalue weighted by Gasteiger charge is 2.28. The van der Waals surface area contributed by atoms with Gasteiger partial charge in [0.1, 0.15) is 5.82 Å². The van der Waals surface area contributed by atoms with Crippen molar-refractivity contribution in [1.29, 1.82) is 0 Å². The summed E-state index contributed by atoms with van der Waals surface area (Å²) in [4.78, 5) is 6.65. The van der Waals surface area contributed by atoms with E-state index in [2.05, 4.69) is 14.3 Å². The summed E-state index contributed by atoms with van der Waals surface area (Å²) in [6, 6.07) is 7.76. The van der Waals surface area contributed by atoms with Crippen molar-refractivity contribution in [3.05, 3.63) is 40.7 Å². The van der Waals surface area contributed by atoms with Gasteiger partial charge in [-0.05, 0) is 30.5 Å². The van der Waals surface area contributed by atoms with E-state index in [1.54, 1.807) is 0 Å². The minimum Gasteiger partial charge on any atom is -0.395 e. The summed E-state index contributed by atoms with van der Waals surface area (Å²) in [7, 11) is 0. The zero-order valence-corrected chi connectivity index (χ0v) is 12.6. The molecular formula is C14H16ClN3OS. The summed E-state index contributed by atoms with van der Waals surface area (Å²) < 4.78 is 4.42. The fourth-order valence-corrected chi connectivity index (χ4v) is 3.06. The number of anilines is 1. The van der Waals surface area contributed by atoms with Gasteiger partial charge in [-0.1, -0.05) is 23.7 Å². The Bertz CT molecular complexity index is 585. The van der Waals surface area contributed by atoms with Crippen LogP contribution in [0.15, 0.2) is 24.3 Å². The molecule has 1 aromatic carbocycles. The van der Waals surface area contributed by atoms with Gasteiger partial charge >= 0.3 is 0 Å². The van der Waals surface area contributed by atoms with E-state index in [9.17, 15) is 5.11 Å². The smallest absolute Gasteiger partial charge is 0.205 e. The standard InChI is InChI=1S/C14H16ClN3OS/c15-12-3-1-2-10(8-12)9-18(6-7-19)14-16-13(17-20-14)11-4-5-11/h1-3,8,11,19H,4-7,9H2. The number of benzene rings is 1. The number of halogens is 1. The number of hydrogen-bond acceptors (Lipinski definition) is 5. The van der Waals surface area contributed by atoms with Crippen molar-refractivity contribution < 1.29 is 5.11 Å². The van der Waals surface area contributed by atoms with Crippen molar-refractivity contribution in [2.45, 2.75) is 25.3 Å². The van der Waals surface area contributed by atoms with E-state index in [0.29, 0.717) is 19.0 Å². The number of aromatic nitrogens is 2. The zero-order valence-electron chi connectivity index (χ0n) is 11.0. The van der Waals surface area contributed by atoms with Crippen LogP contribution in [0, 0.1) is 0 Å². The van der Waals surface area contributed by atoms with Crippen molar-refractivity contribution in [2.75, 3.05) is 18.1 Å². The van der Waals surface area contributed by atoms with E-state index in [4.69, 9.17) is 11.6 Å². The van der Waals surface area contributed by atoms with Crippen LogP contribution in [0.4, 0.5) is 5.13 Å². The first-order chi connectivity index (χ1) is 9.76. The van der Waals surface area contributed by atoms with Gasteiger partial charge in [0.15, 0.2) is 0 Å². The van der Waals surface area contributed by atoms with Crippen LogP contribution in [0.1, 0.15) is 30.1 Å². The van der Waals surface area contributed by atoms with E-state index in [0.717, 1.165) is 21.5 Å². The van der Waals surface area contributed by atoms with Crippen LogP contribution in [-0.4, -0.2) is 27.6 Å². The Morgan fingerprint density at radius 2 is 2.25 bits per heavy atom. The largest absolute Gasteiger partial charge is 0.395 e. The molecule has 0 amide bonds. The maximum atomic E-state index is 9.25. The lowest BCUT2D eigenvalue weighted by molar-refractivity contribution is 0.301. The van der Waals surface area contributed by atoms with Crippen molar-refractivity contribution in [2.24, 2.45) is 0 Å². The second-order valence-corrected chi connectivity index (χ2v) is 6.15. The summed E-state index contributed by atoms with van der Waals surface area (Å²) in [5.74, 6) is 1.51. The summed E-state index contributed by atoms with van der Waals surface area (Å²) in [5.41, 5.74) is 1.11. The molecule has 3 rings (SSSR count). The van der Waals surface area contributed by atoms with Gasteiger partial charge in [0.05, 0.1) is 6.61 Å². The molecule has 1 heterocycles. The first kappa shape index (κ1) is 13.8. The molecule has 0 radical (unpaired) electrons. The molecule has 0 atom stereocenters. The molecule has 1 fully saturated rings. The lowest BCUT2D eigenvalue weighted by atomic mass is 10.2. The van der Waals surface area contributed by atoms with Crippen LogP contribution in [0.25, 0.3) is 0 Å². The van der Waals surface area contributed by atoms with Crippen LogP contribution in [0.5, 0.6) is 0 Å². The van der Waals surface area contributed by atoms with E-state index in [-0.39, 0.29) is 6.61 Å². The Labute approximate surface area is 127 Å². The number of aliphatic hydroxyl groups excluding tert-OH is 1. The molecule has 6 heteroatoms. The second kappa shape index (κ2) is 6.08. The highest BCUT2D eigenvalue weighted by molar-refractivity contribution is 7.09. The minimum absolute atomic E-state index is 0.0961. The predicted molar refractivity (Wildman–Crippen MR) is 81.5 cm³/mol. The van der Waals surface area contributed by atoms with Gasteiger partial charge < -0.3 is 10.0 Å². The molecule has 106 valence electrons. The van der Waals surface area contributed by atoms with Crippen molar-refractivity contribution >= 4 is 28.3 Å². The Hall–Kier alpha value is -1.17. The fraction of sp³-hybridized carbons (Fsp3) is 0.429. The second-order valence-electron chi connectivity index (χ2n) is 4.98. The number of rotatable bonds is 6. The lowest BCUT2D eigenvalue weighted by Gasteiger charge is -2.20. The molecule has 2 aromatic rings. The quantitative estimate of drug-likeness (QED) is 0.891. The van der Waals surface area contributed by atoms with E-state index >= 15 is 0 Å². The van der Waals surface area contributed by atoms with Gasteiger partial charge in [-0.2, -0.15) is 4.37 Å². The molecule has 1 aromatic heterocycles. The summed E-state index contributed by atoms with van der Waals surface area (Å²) >= 11 is 7.42. The maximum Gasteiger partial charge on any atom is 0.205 e. The highest BCUT2D eigenvalue weighted by atomic mass is 35.5. The van der Waals surface area contributed by atoms with Crippen LogP contribution >= 0.6 is 23.1 Å². The summed E-state index contributed by atoms with van der Waals surface area (Å²) in [6.45, 7) is 1.32. The van der Waals surface area contributed by atoms with E-state index < -0.39 is 0 Å². The van der Waals surface area contributed by atoms with Gasteiger partial charge in [0, 0.05) is 35.6 Å². The molecule has 4 nitrogen and oxygen atoms in total. The maximum absolute atomic E-state index is 9.25. The first-order valence-electron chi connectivity index (χ1n) is 6.70. The monoisotopic (exact) mass is 309 g/mol. The molecule has 0 unspecified atom stereocenters. The van der Waals surface area contributed by atoms with Gasteiger partial charge in [0.2, 0.25) is 5.13 Å². The average molecular weight is 310 g/mol. The predicted octanol–water partition coefficient (Wildman–Crippen LogP) is 3.07.